The summed E-state index contributed by atoms with van der Waals surface area (Å²) in [6, 6.07) is 3.63. The Balaban J connectivity index is 1.61. The van der Waals surface area contributed by atoms with Gasteiger partial charge in [-0.05, 0) is 56.2 Å². The number of aromatic hydroxyl groups is 1. The summed E-state index contributed by atoms with van der Waals surface area (Å²) in [5.41, 5.74) is 1.03. The van der Waals surface area contributed by atoms with Crippen LogP contribution in [0.15, 0.2) is 12.1 Å². The Kier molecular flexibility index (Phi) is 3.63. The standard InChI is InChI=1S/C21H27NO4/c1-2-9-22(11-12-3-4-12)16-10-13-5-6-14(23)19-17(13)18-20(26-19)15(24)7-8-21(16,18)25/h5-6,12,16,18,20,23,25H,2-4,7-11H2,1H3/t16-,18?,20+,21-/m1/s1. The first-order chi connectivity index (χ1) is 12.5. The van der Waals surface area contributed by atoms with Gasteiger partial charge in [0, 0.05) is 24.6 Å². The number of ether oxygens (including phenoxy) is 1. The number of phenols is 1. The van der Waals surface area contributed by atoms with Crippen molar-refractivity contribution < 1.29 is 19.7 Å². The fraction of sp³-hybridized carbons (Fsp3) is 0.667. The van der Waals surface area contributed by atoms with Gasteiger partial charge in [0.15, 0.2) is 23.4 Å². The van der Waals surface area contributed by atoms with Crippen LogP contribution in [0.1, 0.15) is 56.1 Å². The lowest BCUT2D eigenvalue weighted by atomic mass is 9.61. The molecule has 1 unspecified atom stereocenters. The quantitative estimate of drug-likeness (QED) is 0.847. The van der Waals surface area contributed by atoms with E-state index in [1.54, 1.807) is 6.07 Å². The van der Waals surface area contributed by atoms with Crippen LogP contribution in [0.4, 0.5) is 0 Å². The molecule has 1 aromatic carbocycles. The number of carbonyl (C=O) groups excluding carboxylic acids is 1. The van der Waals surface area contributed by atoms with E-state index < -0.39 is 11.7 Å². The molecule has 5 nitrogen and oxygen atoms in total. The molecule has 1 aliphatic heterocycles. The third kappa shape index (κ3) is 2.26. The van der Waals surface area contributed by atoms with Crippen LogP contribution in [-0.4, -0.2) is 51.7 Å². The molecule has 1 aromatic rings. The van der Waals surface area contributed by atoms with Gasteiger partial charge in [0.25, 0.3) is 0 Å². The van der Waals surface area contributed by atoms with Crippen LogP contribution in [0.5, 0.6) is 11.5 Å². The molecule has 3 aliphatic carbocycles. The van der Waals surface area contributed by atoms with Gasteiger partial charge in [0.2, 0.25) is 0 Å². The molecule has 0 spiro atoms. The summed E-state index contributed by atoms with van der Waals surface area (Å²) in [7, 11) is 0. The van der Waals surface area contributed by atoms with Crippen LogP contribution < -0.4 is 4.74 Å². The molecular weight excluding hydrogens is 330 g/mol. The number of hydrogen-bond donors (Lipinski definition) is 2. The Bertz CT molecular complexity index is 759. The third-order valence-corrected chi connectivity index (χ3v) is 6.88. The number of phenolic OH excluding ortho intramolecular Hbond substituents is 1. The van der Waals surface area contributed by atoms with Crippen LogP contribution in [-0.2, 0) is 11.2 Å². The largest absolute Gasteiger partial charge is 0.504 e. The Hall–Kier alpha value is -1.59. The first-order valence-electron chi connectivity index (χ1n) is 10.0. The van der Waals surface area contributed by atoms with Gasteiger partial charge >= 0.3 is 0 Å². The average Bonchev–Trinajstić information content (AvgIpc) is 3.33. The number of rotatable bonds is 5. The van der Waals surface area contributed by atoms with Crippen molar-refractivity contribution in [3.63, 3.8) is 0 Å². The van der Waals surface area contributed by atoms with Crippen molar-refractivity contribution in [3.8, 4) is 11.5 Å². The summed E-state index contributed by atoms with van der Waals surface area (Å²) < 4.78 is 5.91. The highest BCUT2D eigenvalue weighted by Crippen LogP contribution is 2.58. The lowest BCUT2D eigenvalue weighted by Gasteiger charge is -2.52. The Morgan fingerprint density at radius 3 is 2.88 bits per heavy atom. The maximum absolute atomic E-state index is 12.5. The normalized spacial score (nSPS) is 34.7. The van der Waals surface area contributed by atoms with E-state index in [2.05, 4.69) is 11.8 Å². The van der Waals surface area contributed by atoms with Gasteiger partial charge in [-0.15, -0.1) is 0 Å². The van der Waals surface area contributed by atoms with Gasteiger partial charge in [0.1, 0.15) is 0 Å². The fourth-order valence-electron chi connectivity index (χ4n) is 5.50. The highest BCUT2D eigenvalue weighted by atomic mass is 16.5. The highest BCUT2D eigenvalue weighted by molar-refractivity contribution is 5.88. The molecule has 140 valence electrons. The van der Waals surface area contributed by atoms with E-state index in [-0.39, 0.29) is 23.5 Å². The number of nitrogens with zero attached hydrogens (tertiary/aromatic N) is 1. The maximum Gasteiger partial charge on any atom is 0.174 e. The average molecular weight is 357 g/mol. The van der Waals surface area contributed by atoms with E-state index in [9.17, 15) is 15.0 Å². The lowest BCUT2D eigenvalue weighted by molar-refractivity contribution is -0.147. The van der Waals surface area contributed by atoms with Gasteiger partial charge in [-0.3, -0.25) is 9.69 Å². The molecule has 5 rings (SSSR count). The molecule has 4 aliphatic rings. The predicted molar refractivity (Wildman–Crippen MR) is 96.5 cm³/mol. The maximum atomic E-state index is 12.5. The summed E-state index contributed by atoms with van der Waals surface area (Å²) >= 11 is 0. The van der Waals surface area contributed by atoms with Crippen LogP contribution in [0.3, 0.4) is 0 Å². The summed E-state index contributed by atoms with van der Waals surface area (Å²) in [6.45, 7) is 4.19. The number of carbonyl (C=O) groups is 1. The zero-order chi connectivity index (χ0) is 18.1. The molecule has 0 aromatic heterocycles. The molecule has 4 atom stereocenters. The molecule has 2 saturated carbocycles. The smallest absolute Gasteiger partial charge is 0.174 e. The fourth-order valence-corrected chi connectivity index (χ4v) is 5.50. The Labute approximate surface area is 154 Å². The van der Waals surface area contributed by atoms with Gasteiger partial charge in [-0.1, -0.05) is 13.0 Å². The molecule has 0 radical (unpaired) electrons. The summed E-state index contributed by atoms with van der Waals surface area (Å²) in [5, 5.41) is 22.1. The minimum atomic E-state index is -0.964. The van der Waals surface area contributed by atoms with Gasteiger partial charge < -0.3 is 14.9 Å². The summed E-state index contributed by atoms with van der Waals surface area (Å²) in [5.74, 6) is 0.955. The van der Waals surface area contributed by atoms with Crippen molar-refractivity contribution in [1.29, 1.82) is 0 Å². The van der Waals surface area contributed by atoms with E-state index in [4.69, 9.17) is 4.74 Å². The second kappa shape index (κ2) is 5.70. The number of ketones is 1. The van der Waals surface area contributed by atoms with E-state index in [0.29, 0.717) is 18.6 Å². The second-order valence-corrected chi connectivity index (χ2v) is 8.62. The molecule has 5 heteroatoms. The molecule has 0 bridgehead atoms. The Morgan fingerprint density at radius 2 is 2.15 bits per heavy atom. The topological polar surface area (TPSA) is 70.0 Å². The zero-order valence-electron chi connectivity index (χ0n) is 15.3. The van der Waals surface area contributed by atoms with Crippen molar-refractivity contribution in [2.24, 2.45) is 5.92 Å². The first-order valence-corrected chi connectivity index (χ1v) is 10.0. The predicted octanol–water partition coefficient (Wildman–Crippen LogP) is 2.38. The van der Waals surface area contributed by atoms with Gasteiger partial charge in [-0.2, -0.15) is 0 Å². The van der Waals surface area contributed by atoms with Crippen molar-refractivity contribution in [1.82, 2.24) is 4.90 Å². The van der Waals surface area contributed by atoms with Crippen molar-refractivity contribution in [2.45, 2.75) is 69.1 Å². The van der Waals surface area contributed by atoms with Crippen molar-refractivity contribution >= 4 is 5.78 Å². The number of benzene rings is 1. The van der Waals surface area contributed by atoms with E-state index >= 15 is 0 Å². The van der Waals surface area contributed by atoms with Crippen molar-refractivity contribution in [2.75, 3.05) is 13.1 Å². The molecule has 0 saturated heterocycles. The molecule has 1 heterocycles. The Morgan fingerprint density at radius 1 is 1.35 bits per heavy atom. The minimum absolute atomic E-state index is 0.00948. The molecule has 0 amide bonds. The number of aliphatic hydroxyl groups is 1. The second-order valence-electron chi connectivity index (χ2n) is 8.62. The molecular formula is C21H27NO4. The molecule has 26 heavy (non-hydrogen) atoms. The van der Waals surface area contributed by atoms with Crippen LogP contribution >= 0.6 is 0 Å². The third-order valence-electron chi connectivity index (χ3n) is 6.88. The summed E-state index contributed by atoms with van der Waals surface area (Å²) in [6.07, 6.45) is 4.56. The number of hydrogen-bond acceptors (Lipinski definition) is 5. The molecule has 2 fully saturated rings. The molecule has 2 N–H and O–H groups in total. The van der Waals surface area contributed by atoms with Crippen molar-refractivity contribution in [3.05, 3.63) is 23.3 Å². The van der Waals surface area contributed by atoms with E-state index in [1.807, 2.05) is 6.07 Å². The highest BCUT2D eigenvalue weighted by Gasteiger charge is 2.62. The number of Topliss-reactive ketones (excluding diaryl/α,β-unsaturated/α-hetero) is 1. The van der Waals surface area contributed by atoms with E-state index in [1.165, 1.54) is 12.8 Å². The summed E-state index contributed by atoms with van der Waals surface area (Å²) in [4.78, 5) is 15.0. The van der Waals surface area contributed by atoms with Crippen LogP contribution in [0.2, 0.25) is 0 Å². The van der Waals surface area contributed by atoms with Crippen LogP contribution in [0, 0.1) is 5.92 Å². The lowest BCUT2D eigenvalue weighted by Crippen LogP contribution is -2.64. The SMILES string of the molecule is CCCN(CC1CC1)[C@@H]1Cc2ccc(O)c3c2C2[C@@H](O3)C(=O)CC[C@]21O. The van der Waals surface area contributed by atoms with Crippen LogP contribution in [0.25, 0.3) is 0 Å². The van der Waals surface area contributed by atoms with Gasteiger partial charge in [-0.25, -0.2) is 0 Å². The minimum Gasteiger partial charge on any atom is -0.504 e. The zero-order valence-corrected chi connectivity index (χ0v) is 15.3. The van der Waals surface area contributed by atoms with E-state index in [0.717, 1.165) is 43.0 Å². The first kappa shape index (κ1) is 16.6. The monoisotopic (exact) mass is 357 g/mol. The van der Waals surface area contributed by atoms with Gasteiger partial charge in [0.05, 0.1) is 11.5 Å².